The average Bonchev–Trinajstić information content (AvgIpc) is 3.11. The Kier molecular flexibility index (Phi) is 7.16. The first-order valence-corrected chi connectivity index (χ1v) is 10.1. The molecule has 0 saturated heterocycles. The molecule has 0 aliphatic heterocycles. The minimum atomic E-state index is -4.47. The van der Waals surface area contributed by atoms with Gasteiger partial charge in [-0.3, -0.25) is 4.99 Å². The molecule has 0 aliphatic carbocycles. The third-order valence-corrected chi connectivity index (χ3v) is 5.56. The predicted octanol–water partition coefficient (Wildman–Crippen LogP) is 1.81. The van der Waals surface area contributed by atoms with E-state index in [1.165, 1.54) is 19.2 Å². The zero-order valence-electron chi connectivity index (χ0n) is 14.2. The molecule has 0 atom stereocenters. The maximum atomic E-state index is 12.5. The van der Waals surface area contributed by atoms with Crippen molar-refractivity contribution < 1.29 is 21.6 Å². The Hall–Kier alpha value is -2.18. The van der Waals surface area contributed by atoms with Crippen molar-refractivity contribution in [2.24, 2.45) is 4.99 Å². The highest BCUT2D eigenvalue weighted by atomic mass is 32.2. The SMILES string of the molecule is CN=C(NCCNS(=O)(=O)c1ccccc1)NCc1nc(C(F)(F)F)cs1. The van der Waals surface area contributed by atoms with E-state index >= 15 is 0 Å². The second kappa shape index (κ2) is 9.15. The lowest BCUT2D eigenvalue weighted by Crippen LogP contribution is -2.41. The maximum absolute atomic E-state index is 12.5. The van der Waals surface area contributed by atoms with Crippen LogP contribution in [0, 0.1) is 0 Å². The second-order valence-corrected chi connectivity index (χ2v) is 7.90. The van der Waals surface area contributed by atoms with Gasteiger partial charge in [-0.1, -0.05) is 18.2 Å². The van der Waals surface area contributed by atoms with E-state index in [2.05, 4.69) is 25.3 Å². The highest BCUT2D eigenvalue weighted by Gasteiger charge is 2.33. The van der Waals surface area contributed by atoms with Gasteiger partial charge in [-0.15, -0.1) is 11.3 Å². The first-order valence-electron chi connectivity index (χ1n) is 7.73. The van der Waals surface area contributed by atoms with Crippen LogP contribution in [-0.4, -0.2) is 39.5 Å². The van der Waals surface area contributed by atoms with Crippen molar-refractivity contribution in [3.05, 3.63) is 46.4 Å². The topological polar surface area (TPSA) is 95.5 Å². The Balaban J connectivity index is 1.77. The van der Waals surface area contributed by atoms with Crippen LogP contribution in [0.2, 0.25) is 0 Å². The van der Waals surface area contributed by atoms with Gasteiger partial charge < -0.3 is 10.6 Å². The Labute approximate surface area is 158 Å². The number of hydrogen-bond donors (Lipinski definition) is 3. The van der Waals surface area contributed by atoms with Gasteiger partial charge in [0.1, 0.15) is 5.01 Å². The van der Waals surface area contributed by atoms with Crippen LogP contribution in [0.5, 0.6) is 0 Å². The van der Waals surface area contributed by atoms with Gasteiger partial charge in [0.25, 0.3) is 0 Å². The number of aliphatic imine (C=N–C) groups is 1. The van der Waals surface area contributed by atoms with Gasteiger partial charge >= 0.3 is 6.18 Å². The molecule has 2 rings (SSSR count). The van der Waals surface area contributed by atoms with Crippen molar-refractivity contribution in [2.75, 3.05) is 20.1 Å². The summed E-state index contributed by atoms with van der Waals surface area (Å²) in [6.45, 7) is 0.404. The molecule has 1 aromatic carbocycles. The van der Waals surface area contributed by atoms with Gasteiger partial charge in [0.05, 0.1) is 11.4 Å². The van der Waals surface area contributed by atoms with Crippen molar-refractivity contribution in [3.63, 3.8) is 0 Å². The Morgan fingerprint density at radius 3 is 2.48 bits per heavy atom. The molecule has 2 aromatic rings. The summed E-state index contributed by atoms with van der Waals surface area (Å²) in [4.78, 5) is 7.59. The summed E-state index contributed by atoms with van der Waals surface area (Å²) < 4.78 is 64.1. The van der Waals surface area contributed by atoms with E-state index in [1.807, 2.05) is 0 Å². The largest absolute Gasteiger partial charge is 0.434 e. The number of halogens is 3. The highest BCUT2D eigenvalue weighted by molar-refractivity contribution is 7.89. The Morgan fingerprint density at radius 2 is 1.89 bits per heavy atom. The molecular formula is C15H18F3N5O2S2. The molecule has 0 aliphatic rings. The molecule has 27 heavy (non-hydrogen) atoms. The van der Waals surface area contributed by atoms with Crippen molar-refractivity contribution >= 4 is 27.3 Å². The van der Waals surface area contributed by atoms with E-state index in [9.17, 15) is 21.6 Å². The van der Waals surface area contributed by atoms with Crippen LogP contribution < -0.4 is 15.4 Å². The zero-order chi connectivity index (χ0) is 19.9. The summed E-state index contributed by atoms with van der Waals surface area (Å²) in [6, 6.07) is 7.94. The molecule has 148 valence electrons. The number of alkyl halides is 3. The van der Waals surface area contributed by atoms with E-state index in [0.717, 1.165) is 16.7 Å². The standard InChI is InChI=1S/C15H18F3N5O2S2/c1-19-14(21-9-13-23-12(10-26-13)15(16,17)18)20-7-8-22-27(24,25)11-5-3-2-4-6-11/h2-6,10,22H,7-9H2,1H3,(H2,19,20,21). The number of guanidine groups is 1. The highest BCUT2D eigenvalue weighted by Crippen LogP contribution is 2.29. The summed E-state index contributed by atoms with van der Waals surface area (Å²) in [5.74, 6) is 0.317. The van der Waals surface area contributed by atoms with Gasteiger partial charge in [0.15, 0.2) is 11.7 Å². The molecule has 0 saturated carbocycles. The van der Waals surface area contributed by atoms with Crippen LogP contribution in [0.15, 0.2) is 45.6 Å². The third kappa shape index (κ3) is 6.48. The van der Waals surface area contributed by atoms with Crippen LogP contribution >= 0.6 is 11.3 Å². The van der Waals surface area contributed by atoms with Crippen LogP contribution in [0.25, 0.3) is 0 Å². The summed E-state index contributed by atoms with van der Waals surface area (Å²) in [6.07, 6.45) is -4.47. The van der Waals surface area contributed by atoms with E-state index in [0.29, 0.717) is 5.96 Å². The quantitative estimate of drug-likeness (QED) is 0.360. The number of benzene rings is 1. The molecule has 0 bridgehead atoms. The fraction of sp³-hybridized carbons (Fsp3) is 0.333. The molecule has 0 fully saturated rings. The average molecular weight is 421 g/mol. The van der Waals surface area contributed by atoms with Gasteiger partial charge in [-0.25, -0.2) is 18.1 Å². The van der Waals surface area contributed by atoms with Crippen LogP contribution in [0.1, 0.15) is 10.7 Å². The van der Waals surface area contributed by atoms with Gasteiger partial charge in [0.2, 0.25) is 10.0 Å². The predicted molar refractivity (Wildman–Crippen MR) is 96.9 cm³/mol. The van der Waals surface area contributed by atoms with Gasteiger partial charge in [0, 0.05) is 25.5 Å². The van der Waals surface area contributed by atoms with Gasteiger partial charge in [-0.05, 0) is 12.1 Å². The first kappa shape index (κ1) is 21.1. The molecule has 1 aromatic heterocycles. The fourth-order valence-corrected chi connectivity index (χ4v) is 3.74. The number of nitrogens with one attached hydrogen (secondary N) is 3. The molecule has 12 heteroatoms. The zero-order valence-corrected chi connectivity index (χ0v) is 15.9. The summed E-state index contributed by atoms with van der Waals surface area (Å²) in [5, 5.41) is 6.90. The lowest BCUT2D eigenvalue weighted by atomic mass is 10.4. The number of thiazole rings is 1. The summed E-state index contributed by atoms with van der Waals surface area (Å²) in [5.41, 5.74) is -0.928. The molecule has 0 amide bonds. The van der Waals surface area contributed by atoms with E-state index in [4.69, 9.17) is 0 Å². The molecule has 3 N–H and O–H groups in total. The molecular weight excluding hydrogens is 403 g/mol. The van der Waals surface area contributed by atoms with Gasteiger partial charge in [-0.2, -0.15) is 13.2 Å². The lowest BCUT2D eigenvalue weighted by molar-refractivity contribution is -0.140. The third-order valence-electron chi connectivity index (χ3n) is 3.24. The normalized spacial score (nSPS) is 12.8. The first-order chi connectivity index (χ1) is 12.7. The Morgan fingerprint density at radius 1 is 1.19 bits per heavy atom. The van der Waals surface area contributed by atoms with Crippen molar-refractivity contribution in [1.82, 2.24) is 20.3 Å². The van der Waals surface area contributed by atoms with E-state index in [1.54, 1.807) is 18.2 Å². The number of nitrogens with zero attached hydrogens (tertiary/aromatic N) is 2. The lowest BCUT2D eigenvalue weighted by Gasteiger charge is -2.11. The summed E-state index contributed by atoms with van der Waals surface area (Å²) >= 11 is 0.890. The second-order valence-electron chi connectivity index (χ2n) is 5.19. The van der Waals surface area contributed by atoms with Crippen molar-refractivity contribution in [1.29, 1.82) is 0 Å². The van der Waals surface area contributed by atoms with Crippen LogP contribution in [0.3, 0.4) is 0 Å². The number of sulfonamides is 1. The smallest absolute Gasteiger partial charge is 0.355 e. The van der Waals surface area contributed by atoms with Crippen molar-refractivity contribution in [2.45, 2.75) is 17.6 Å². The maximum Gasteiger partial charge on any atom is 0.434 e. The minimum absolute atomic E-state index is 0.0656. The molecule has 0 radical (unpaired) electrons. The van der Waals surface area contributed by atoms with Crippen LogP contribution in [0.4, 0.5) is 13.2 Å². The summed E-state index contributed by atoms with van der Waals surface area (Å²) in [7, 11) is -2.10. The fourth-order valence-electron chi connectivity index (χ4n) is 1.95. The molecule has 0 unspecified atom stereocenters. The minimum Gasteiger partial charge on any atom is -0.355 e. The van der Waals surface area contributed by atoms with E-state index < -0.39 is 21.9 Å². The molecule has 7 nitrogen and oxygen atoms in total. The number of aromatic nitrogens is 1. The Bertz CT molecular complexity index is 867. The number of hydrogen-bond acceptors (Lipinski definition) is 5. The molecule has 1 heterocycles. The molecule has 0 spiro atoms. The number of rotatable bonds is 7. The van der Waals surface area contributed by atoms with Crippen LogP contribution in [-0.2, 0) is 22.7 Å². The van der Waals surface area contributed by atoms with E-state index in [-0.39, 0.29) is 29.5 Å². The monoisotopic (exact) mass is 421 g/mol. The van der Waals surface area contributed by atoms with Crippen molar-refractivity contribution in [3.8, 4) is 0 Å².